The summed E-state index contributed by atoms with van der Waals surface area (Å²) in [7, 11) is 0. The molecule has 1 N–H and O–H groups in total. The van der Waals surface area contributed by atoms with Gasteiger partial charge in [-0.2, -0.15) is 0 Å². The molecule has 1 aromatic carbocycles. The molecule has 0 saturated heterocycles. The lowest BCUT2D eigenvalue weighted by Gasteiger charge is -2.39. The Morgan fingerprint density at radius 3 is 2.59 bits per heavy atom. The summed E-state index contributed by atoms with van der Waals surface area (Å²) in [4.78, 5) is 0. The van der Waals surface area contributed by atoms with E-state index in [-0.39, 0.29) is 5.82 Å². The first-order valence-corrected chi connectivity index (χ1v) is 6.47. The molecule has 1 nitrogen and oxygen atoms in total. The molecule has 1 aliphatic carbocycles. The Labute approximate surface area is 103 Å². The molecule has 1 fully saturated rings. The van der Waals surface area contributed by atoms with Crippen LogP contribution in [0, 0.1) is 17.2 Å². The molecule has 0 radical (unpaired) electrons. The fourth-order valence-corrected chi connectivity index (χ4v) is 3.25. The van der Waals surface area contributed by atoms with Gasteiger partial charge in [-0.15, -0.1) is 0 Å². The van der Waals surface area contributed by atoms with Crippen LogP contribution in [0.25, 0.3) is 0 Å². The third kappa shape index (κ3) is 3.21. The summed E-state index contributed by atoms with van der Waals surface area (Å²) in [6.07, 6.45) is 3.52. The highest BCUT2D eigenvalue weighted by molar-refractivity contribution is 5.45. The highest BCUT2D eigenvalue weighted by atomic mass is 19.1. The monoisotopic (exact) mass is 235 g/mol. The van der Waals surface area contributed by atoms with E-state index in [0.717, 1.165) is 12.8 Å². The first-order chi connectivity index (χ1) is 7.96. The molecule has 17 heavy (non-hydrogen) atoms. The van der Waals surface area contributed by atoms with Gasteiger partial charge in [0.15, 0.2) is 0 Å². The van der Waals surface area contributed by atoms with Gasteiger partial charge in [0.1, 0.15) is 5.82 Å². The molecule has 2 heteroatoms. The molecular weight excluding hydrogens is 213 g/mol. The van der Waals surface area contributed by atoms with Crippen LogP contribution in [0.2, 0.25) is 0 Å². The quantitative estimate of drug-likeness (QED) is 0.798. The molecule has 94 valence electrons. The van der Waals surface area contributed by atoms with E-state index in [2.05, 4.69) is 26.1 Å². The molecule has 1 aromatic rings. The number of hydrogen-bond acceptors (Lipinski definition) is 1. The molecule has 0 bridgehead atoms. The van der Waals surface area contributed by atoms with E-state index in [4.69, 9.17) is 0 Å². The van der Waals surface area contributed by atoms with Crippen LogP contribution in [0.1, 0.15) is 40.0 Å². The molecule has 0 amide bonds. The molecule has 0 spiro atoms. The van der Waals surface area contributed by atoms with Gasteiger partial charge in [0.2, 0.25) is 0 Å². The van der Waals surface area contributed by atoms with Gasteiger partial charge in [-0.25, -0.2) is 4.39 Å². The predicted molar refractivity (Wildman–Crippen MR) is 70.6 cm³/mol. The Bertz CT molecular complexity index is 386. The fourth-order valence-electron chi connectivity index (χ4n) is 3.25. The lowest BCUT2D eigenvalue weighted by Crippen LogP contribution is -2.35. The van der Waals surface area contributed by atoms with Gasteiger partial charge in [0.25, 0.3) is 0 Å². The highest BCUT2D eigenvalue weighted by Gasteiger charge is 2.32. The number of rotatable bonds is 2. The van der Waals surface area contributed by atoms with E-state index in [9.17, 15) is 4.39 Å². The lowest BCUT2D eigenvalue weighted by molar-refractivity contribution is 0.177. The van der Waals surface area contributed by atoms with Crippen LogP contribution in [0.3, 0.4) is 0 Å². The SMILES string of the molecule is CC1CC(Nc2ccccc2F)CC(C)(C)C1. The molecule has 2 atom stereocenters. The van der Waals surface area contributed by atoms with Crippen molar-refractivity contribution in [2.24, 2.45) is 11.3 Å². The van der Waals surface area contributed by atoms with Gasteiger partial charge in [-0.3, -0.25) is 0 Å². The van der Waals surface area contributed by atoms with Crippen molar-refractivity contribution in [2.75, 3.05) is 5.32 Å². The van der Waals surface area contributed by atoms with Gasteiger partial charge in [-0.1, -0.05) is 32.9 Å². The van der Waals surface area contributed by atoms with Gasteiger partial charge in [0, 0.05) is 6.04 Å². The molecule has 2 rings (SSSR count). The van der Waals surface area contributed by atoms with E-state index >= 15 is 0 Å². The van der Waals surface area contributed by atoms with Crippen LogP contribution in [0.5, 0.6) is 0 Å². The number of para-hydroxylation sites is 1. The normalized spacial score (nSPS) is 27.8. The summed E-state index contributed by atoms with van der Waals surface area (Å²) < 4.78 is 13.6. The Morgan fingerprint density at radius 1 is 1.24 bits per heavy atom. The second-order valence-electron chi connectivity index (χ2n) is 6.23. The summed E-state index contributed by atoms with van der Waals surface area (Å²) in [6.45, 7) is 6.90. The van der Waals surface area contributed by atoms with E-state index < -0.39 is 0 Å². The Hall–Kier alpha value is -1.05. The summed E-state index contributed by atoms with van der Waals surface area (Å²) >= 11 is 0. The van der Waals surface area contributed by atoms with Crippen molar-refractivity contribution in [3.8, 4) is 0 Å². The van der Waals surface area contributed by atoms with Crippen molar-refractivity contribution in [1.82, 2.24) is 0 Å². The zero-order valence-corrected chi connectivity index (χ0v) is 11.0. The smallest absolute Gasteiger partial charge is 0.146 e. The number of anilines is 1. The van der Waals surface area contributed by atoms with Crippen LogP contribution < -0.4 is 5.32 Å². The van der Waals surface area contributed by atoms with Crippen molar-refractivity contribution in [3.63, 3.8) is 0 Å². The van der Waals surface area contributed by atoms with Gasteiger partial charge in [-0.05, 0) is 42.7 Å². The number of hydrogen-bond donors (Lipinski definition) is 1. The maximum Gasteiger partial charge on any atom is 0.146 e. The topological polar surface area (TPSA) is 12.0 Å². The van der Waals surface area contributed by atoms with Crippen molar-refractivity contribution < 1.29 is 4.39 Å². The van der Waals surface area contributed by atoms with E-state index in [1.165, 1.54) is 12.5 Å². The highest BCUT2D eigenvalue weighted by Crippen LogP contribution is 2.39. The second-order valence-corrected chi connectivity index (χ2v) is 6.23. The van der Waals surface area contributed by atoms with Crippen LogP contribution in [-0.4, -0.2) is 6.04 Å². The minimum atomic E-state index is -0.150. The van der Waals surface area contributed by atoms with Gasteiger partial charge < -0.3 is 5.32 Å². The van der Waals surface area contributed by atoms with Gasteiger partial charge in [0.05, 0.1) is 5.69 Å². The summed E-state index contributed by atoms with van der Waals surface area (Å²) in [5, 5.41) is 3.36. The molecule has 0 aromatic heterocycles. The average Bonchev–Trinajstić information content (AvgIpc) is 2.18. The summed E-state index contributed by atoms with van der Waals surface area (Å²) in [5.74, 6) is 0.562. The number of benzene rings is 1. The molecular formula is C15H22FN. The number of nitrogens with one attached hydrogen (secondary N) is 1. The Balaban J connectivity index is 2.06. The zero-order chi connectivity index (χ0) is 12.5. The first-order valence-electron chi connectivity index (χ1n) is 6.47. The van der Waals surface area contributed by atoms with Crippen LogP contribution >= 0.6 is 0 Å². The Morgan fingerprint density at radius 2 is 1.94 bits per heavy atom. The van der Waals surface area contributed by atoms with E-state index in [1.54, 1.807) is 6.07 Å². The largest absolute Gasteiger partial charge is 0.380 e. The van der Waals surface area contributed by atoms with Crippen LogP contribution in [-0.2, 0) is 0 Å². The molecule has 0 aliphatic heterocycles. The molecule has 2 unspecified atom stereocenters. The van der Waals surface area contributed by atoms with Crippen molar-refractivity contribution in [1.29, 1.82) is 0 Å². The predicted octanol–water partition coefficient (Wildman–Crippen LogP) is 4.45. The van der Waals surface area contributed by atoms with E-state index in [0.29, 0.717) is 23.1 Å². The average molecular weight is 235 g/mol. The number of halogens is 1. The van der Waals surface area contributed by atoms with Crippen molar-refractivity contribution in [2.45, 2.75) is 46.1 Å². The lowest BCUT2D eigenvalue weighted by atomic mass is 9.70. The third-order valence-electron chi connectivity index (χ3n) is 3.62. The maximum absolute atomic E-state index is 13.6. The first kappa shape index (κ1) is 12.4. The Kier molecular flexibility index (Phi) is 3.41. The minimum Gasteiger partial charge on any atom is -0.380 e. The van der Waals surface area contributed by atoms with Crippen molar-refractivity contribution >= 4 is 5.69 Å². The van der Waals surface area contributed by atoms with E-state index in [1.807, 2.05) is 12.1 Å². The molecule has 1 aliphatic rings. The summed E-state index contributed by atoms with van der Waals surface area (Å²) in [6, 6.07) is 7.34. The molecule has 1 saturated carbocycles. The van der Waals surface area contributed by atoms with Gasteiger partial charge >= 0.3 is 0 Å². The summed E-state index contributed by atoms with van der Waals surface area (Å²) in [5.41, 5.74) is 1.00. The molecule has 0 heterocycles. The van der Waals surface area contributed by atoms with Crippen LogP contribution in [0.4, 0.5) is 10.1 Å². The fraction of sp³-hybridized carbons (Fsp3) is 0.600. The third-order valence-corrected chi connectivity index (χ3v) is 3.62. The van der Waals surface area contributed by atoms with Crippen LogP contribution in [0.15, 0.2) is 24.3 Å². The van der Waals surface area contributed by atoms with Crippen molar-refractivity contribution in [3.05, 3.63) is 30.1 Å². The second kappa shape index (κ2) is 4.67. The maximum atomic E-state index is 13.6. The minimum absolute atomic E-state index is 0.150. The standard InChI is InChI=1S/C15H22FN/c1-11-8-12(10-15(2,3)9-11)17-14-7-5-4-6-13(14)16/h4-7,11-12,17H,8-10H2,1-3H3. The zero-order valence-electron chi connectivity index (χ0n) is 11.0.